The summed E-state index contributed by atoms with van der Waals surface area (Å²) >= 11 is 0. The van der Waals surface area contributed by atoms with Gasteiger partial charge in [-0.15, -0.1) is 0 Å². The summed E-state index contributed by atoms with van der Waals surface area (Å²) in [6, 6.07) is 54.3. The van der Waals surface area contributed by atoms with Gasteiger partial charge in [0.05, 0.1) is 22.3 Å². The lowest BCUT2D eigenvalue weighted by Crippen LogP contribution is -2.64. The Morgan fingerprint density at radius 1 is 0.239 bits per heavy atom. The van der Waals surface area contributed by atoms with E-state index in [0.29, 0.717) is 108 Å². The van der Waals surface area contributed by atoms with Gasteiger partial charge in [0, 0.05) is 24.3 Å². The maximum absolute atomic E-state index is 14.8. The van der Waals surface area contributed by atoms with Crippen LogP contribution in [0.4, 0.5) is 0 Å². The summed E-state index contributed by atoms with van der Waals surface area (Å²) in [5, 5.41) is 58.5. The summed E-state index contributed by atoms with van der Waals surface area (Å²) in [6.07, 6.45) is -4.58. The predicted octanol–water partition coefficient (Wildman–Crippen LogP) is 17.3. The first-order chi connectivity index (χ1) is 53.5. The first kappa shape index (κ1) is 79.8. The third-order valence-electron chi connectivity index (χ3n) is 18.5. The van der Waals surface area contributed by atoms with Crippen LogP contribution in [0.2, 0.25) is 0 Å². The number of carbonyl (C=O) groups excluding carboxylic acids is 8. The number of hydrogen-bond donors (Lipinski definition) is 4. The van der Waals surface area contributed by atoms with Crippen molar-refractivity contribution in [2.45, 2.75) is 131 Å². The molecule has 0 aromatic heterocycles. The van der Waals surface area contributed by atoms with Crippen LogP contribution in [-0.4, -0.2) is 116 Å². The molecule has 0 radical (unpaired) electrons. The molecule has 0 aliphatic heterocycles. The van der Waals surface area contributed by atoms with E-state index in [9.17, 15) is 58.8 Å². The number of hydrogen-bond acceptors (Lipinski definition) is 20. The normalized spacial score (nSPS) is 14.1. The number of carbonyl (C=O) groups is 8. The molecular formula is C93H84O20. The number of esters is 8. The van der Waals surface area contributed by atoms with Crippen LogP contribution >= 0.6 is 0 Å². The molecule has 12 rings (SSSR count). The Balaban J connectivity index is 0.993. The molecule has 0 bridgehead atoms. The Morgan fingerprint density at radius 3 is 0.504 bits per heavy atom. The maximum Gasteiger partial charge on any atom is 0.339 e. The van der Waals surface area contributed by atoms with E-state index in [4.69, 9.17) is 37.9 Å². The van der Waals surface area contributed by atoms with Crippen molar-refractivity contribution in [1.29, 1.82) is 0 Å². The zero-order valence-corrected chi connectivity index (χ0v) is 64.2. The standard InChI is InChI=1S/C93H84O20/c1-89(2,3)110-81(98)77-65-37-21-13-29-53(65)61(54-30-14-22-38-66(54)77)45-49-73(94)106-85(102)93(86(103)107-74(95)50-46-62-55-31-15-23-39-67(55)78(82(99)111-90(4,5)6)68-40-24-16-32-56(62)68,87(104)108-75(96)51-47-63-57-33-17-25-41-69(57)79(83(100)112-91(7,8)9)70-42-26-18-34-58(63)70)88(105)109-76(97)52-48-64-59-35-19-27-43-71(59)80(84(101)113-92(10,11)12)72-44-28-20-36-60(64)72/h13-52,85-88,102-105H,1-12H3. The van der Waals surface area contributed by atoms with Crippen molar-refractivity contribution in [1.82, 2.24) is 0 Å². The molecule has 0 fully saturated rings. The van der Waals surface area contributed by atoms with E-state index in [-0.39, 0.29) is 22.3 Å². The highest BCUT2D eigenvalue weighted by Crippen LogP contribution is 2.43. The first-order valence-corrected chi connectivity index (χ1v) is 36.5. The molecule has 4 N–H and O–H groups in total. The van der Waals surface area contributed by atoms with Gasteiger partial charge in [-0.3, -0.25) is 0 Å². The fourth-order valence-corrected chi connectivity index (χ4v) is 13.9. The topological polar surface area (TPSA) is 291 Å². The minimum atomic E-state index is -3.84. The second kappa shape index (κ2) is 31.9. The van der Waals surface area contributed by atoms with Crippen molar-refractivity contribution in [3.05, 3.63) is 263 Å². The van der Waals surface area contributed by atoms with Crippen molar-refractivity contribution >= 4 is 158 Å². The SMILES string of the molecule is CC(C)(C)OC(=O)c1c2ccccc2c(C=CC(=O)OC(O)C(C(O)OC(=O)C=Cc2c3ccccc3c(C(=O)OC(C)(C)C)c3ccccc23)(C(O)OC(=O)C=Cc2c3ccccc3c(C(=O)OC(C)(C)C)c3ccccc23)C(O)OC(=O)C=Cc2c3ccccc3c(C(=O)OC(C)(C)C)c3ccccc23)c2ccccc12. The van der Waals surface area contributed by atoms with Crippen molar-refractivity contribution < 1.29 is 96.7 Å². The van der Waals surface area contributed by atoms with Gasteiger partial charge in [-0.2, -0.15) is 0 Å². The molecular weight excluding hydrogens is 1440 g/mol. The van der Waals surface area contributed by atoms with E-state index in [1.54, 1.807) is 277 Å². The molecule has 0 aliphatic carbocycles. The fourth-order valence-electron chi connectivity index (χ4n) is 13.9. The van der Waals surface area contributed by atoms with E-state index in [1.165, 1.54) is 24.3 Å². The quantitative estimate of drug-likeness (QED) is 0.0181. The summed E-state index contributed by atoms with van der Waals surface area (Å²) in [5.74, 6) is -8.56. The van der Waals surface area contributed by atoms with Crippen molar-refractivity contribution in [2.75, 3.05) is 0 Å². The zero-order valence-electron chi connectivity index (χ0n) is 64.2. The highest BCUT2D eigenvalue weighted by Gasteiger charge is 2.64. The lowest BCUT2D eigenvalue weighted by Gasteiger charge is -2.43. The monoisotopic (exact) mass is 1520 g/mol. The van der Waals surface area contributed by atoms with Gasteiger partial charge in [0.15, 0.2) is 0 Å². The second-order valence-corrected chi connectivity index (χ2v) is 31.0. The summed E-state index contributed by atoms with van der Waals surface area (Å²) in [5.41, 5.74) is -5.23. The molecule has 0 saturated carbocycles. The van der Waals surface area contributed by atoms with Gasteiger partial charge in [0.2, 0.25) is 30.6 Å². The summed E-state index contributed by atoms with van der Waals surface area (Å²) in [4.78, 5) is 116. The van der Waals surface area contributed by atoms with Gasteiger partial charge < -0.3 is 58.3 Å². The lowest BCUT2D eigenvalue weighted by molar-refractivity contribution is -0.368. The van der Waals surface area contributed by atoms with Crippen LogP contribution in [-0.2, 0) is 57.1 Å². The van der Waals surface area contributed by atoms with Crippen LogP contribution in [0.5, 0.6) is 0 Å². The molecule has 12 aromatic carbocycles. The van der Waals surface area contributed by atoms with Crippen molar-refractivity contribution in [2.24, 2.45) is 5.41 Å². The van der Waals surface area contributed by atoms with Gasteiger partial charge in [-0.1, -0.05) is 194 Å². The highest BCUT2D eigenvalue weighted by atomic mass is 16.7. The molecule has 0 spiro atoms. The zero-order chi connectivity index (χ0) is 81.2. The van der Waals surface area contributed by atoms with Crippen LogP contribution in [0.15, 0.2) is 218 Å². The third kappa shape index (κ3) is 17.0. The summed E-state index contributed by atoms with van der Waals surface area (Å²) in [7, 11) is 0. The van der Waals surface area contributed by atoms with Gasteiger partial charge in [0.25, 0.3) is 0 Å². The second-order valence-electron chi connectivity index (χ2n) is 31.0. The Kier molecular flexibility index (Phi) is 22.6. The smallest absolute Gasteiger partial charge is 0.339 e. The number of aliphatic hydroxyl groups is 4. The number of rotatable bonds is 20. The average molecular weight is 1520 g/mol. The number of benzene rings is 12. The molecule has 0 aliphatic rings. The van der Waals surface area contributed by atoms with Crippen LogP contribution in [0.1, 0.15) is 147 Å². The molecule has 20 nitrogen and oxygen atoms in total. The molecule has 4 unspecified atom stereocenters. The van der Waals surface area contributed by atoms with E-state index in [1.807, 2.05) is 0 Å². The molecule has 0 heterocycles. The molecule has 0 saturated heterocycles. The average Bonchev–Trinajstić information content (AvgIpc) is 0.657. The minimum absolute atomic E-state index is 0.217. The van der Waals surface area contributed by atoms with E-state index < -0.39 is 101 Å². The fraction of sp³-hybridized carbons (Fsp3) is 0.226. The molecule has 4 atom stereocenters. The van der Waals surface area contributed by atoms with E-state index >= 15 is 0 Å². The number of fused-ring (bicyclic) bond motifs is 8. The third-order valence-corrected chi connectivity index (χ3v) is 18.5. The van der Waals surface area contributed by atoms with Crippen LogP contribution in [0.3, 0.4) is 0 Å². The largest absolute Gasteiger partial charge is 0.456 e. The van der Waals surface area contributed by atoms with Gasteiger partial charge in [-0.05, 0) is 216 Å². The number of ether oxygens (including phenoxy) is 8. The lowest BCUT2D eigenvalue weighted by atomic mass is 9.83. The van der Waals surface area contributed by atoms with Crippen LogP contribution in [0, 0.1) is 5.41 Å². The van der Waals surface area contributed by atoms with Crippen LogP contribution in [0.25, 0.3) is 110 Å². The maximum atomic E-state index is 14.8. The van der Waals surface area contributed by atoms with Crippen molar-refractivity contribution in [3.63, 3.8) is 0 Å². The first-order valence-electron chi connectivity index (χ1n) is 36.5. The Morgan fingerprint density at radius 2 is 0.372 bits per heavy atom. The summed E-state index contributed by atoms with van der Waals surface area (Å²) < 4.78 is 46.2. The molecule has 20 heteroatoms. The molecule has 12 aromatic rings. The van der Waals surface area contributed by atoms with E-state index in [2.05, 4.69) is 0 Å². The van der Waals surface area contributed by atoms with Crippen LogP contribution < -0.4 is 0 Å². The van der Waals surface area contributed by atoms with Gasteiger partial charge >= 0.3 is 47.8 Å². The molecule has 113 heavy (non-hydrogen) atoms. The predicted molar refractivity (Wildman–Crippen MR) is 433 cm³/mol. The van der Waals surface area contributed by atoms with Gasteiger partial charge in [0.1, 0.15) is 22.4 Å². The van der Waals surface area contributed by atoms with E-state index in [0.717, 1.165) is 24.3 Å². The summed E-state index contributed by atoms with van der Waals surface area (Å²) in [6.45, 7) is 20.7. The Hall–Kier alpha value is -12.7. The Labute approximate surface area is 650 Å². The molecule has 576 valence electrons. The number of aliphatic hydroxyl groups excluding tert-OH is 4. The Bertz CT molecular complexity index is 5010. The minimum Gasteiger partial charge on any atom is -0.456 e. The van der Waals surface area contributed by atoms with Gasteiger partial charge in [-0.25, -0.2) is 38.4 Å². The highest BCUT2D eigenvalue weighted by molar-refractivity contribution is 6.24. The van der Waals surface area contributed by atoms with Crippen molar-refractivity contribution in [3.8, 4) is 0 Å². The molecule has 0 amide bonds.